The number of hydrogen-bond acceptors (Lipinski definition) is 4. The van der Waals surface area contributed by atoms with Gasteiger partial charge in [0.25, 0.3) is 0 Å². The molecule has 1 unspecified atom stereocenters. The first-order valence-corrected chi connectivity index (χ1v) is 6.92. The minimum atomic E-state index is -0.898. The van der Waals surface area contributed by atoms with Crippen molar-refractivity contribution in [3.8, 4) is 0 Å². The van der Waals surface area contributed by atoms with Crippen molar-refractivity contribution in [3.63, 3.8) is 0 Å². The van der Waals surface area contributed by atoms with Gasteiger partial charge in [-0.15, -0.1) is 10.2 Å². The molecule has 1 heterocycles. The molecule has 0 saturated heterocycles. The van der Waals surface area contributed by atoms with Crippen LogP contribution in [0.3, 0.4) is 0 Å². The zero-order valence-electron chi connectivity index (χ0n) is 12.2. The quantitative estimate of drug-likeness (QED) is 0.741. The van der Waals surface area contributed by atoms with Gasteiger partial charge in [-0.1, -0.05) is 12.1 Å². The van der Waals surface area contributed by atoms with E-state index >= 15 is 0 Å². The fourth-order valence-corrected chi connectivity index (χ4v) is 1.89. The lowest BCUT2D eigenvalue weighted by molar-refractivity contribution is 0.173. The molecule has 0 spiro atoms. The van der Waals surface area contributed by atoms with E-state index in [0.29, 0.717) is 11.4 Å². The number of carbonyl (C=O) groups is 1. The largest absolute Gasteiger partial charge is 0.387 e. The number of aryl methyl sites for hydroxylation is 1. The van der Waals surface area contributed by atoms with E-state index in [1.54, 1.807) is 6.33 Å². The highest BCUT2D eigenvalue weighted by Crippen LogP contribution is 2.12. The van der Waals surface area contributed by atoms with Crippen LogP contribution in [-0.4, -0.2) is 32.4 Å². The van der Waals surface area contributed by atoms with Crippen LogP contribution in [0.1, 0.15) is 24.4 Å². The van der Waals surface area contributed by atoms with Crippen LogP contribution in [0.5, 0.6) is 0 Å². The van der Waals surface area contributed by atoms with Crippen molar-refractivity contribution < 1.29 is 14.3 Å². The van der Waals surface area contributed by atoms with Crippen LogP contribution in [0.25, 0.3) is 0 Å². The van der Waals surface area contributed by atoms with Crippen molar-refractivity contribution in [1.29, 1.82) is 0 Å². The Morgan fingerprint density at radius 1 is 1.36 bits per heavy atom. The second-order valence-corrected chi connectivity index (χ2v) is 4.66. The van der Waals surface area contributed by atoms with Gasteiger partial charge in [0.15, 0.2) is 5.82 Å². The lowest BCUT2D eigenvalue weighted by Gasteiger charge is -2.13. The first-order valence-electron chi connectivity index (χ1n) is 6.92. The smallest absolute Gasteiger partial charge is 0.315 e. The number of rotatable bonds is 6. The summed E-state index contributed by atoms with van der Waals surface area (Å²) in [6.07, 6.45) is 0.693. The first-order chi connectivity index (χ1) is 10.6. The van der Waals surface area contributed by atoms with Gasteiger partial charge in [-0.3, -0.25) is 0 Å². The Bertz CT molecular complexity index is 614. The molecule has 0 bridgehead atoms. The van der Waals surface area contributed by atoms with Crippen molar-refractivity contribution in [1.82, 2.24) is 25.4 Å². The molecule has 0 saturated carbocycles. The Morgan fingerprint density at radius 2 is 2.09 bits per heavy atom. The zero-order chi connectivity index (χ0) is 15.9. The molecular weight excluding hydrogens is 289 g/mol. The summed E-state index contributed by atoms with van der Waals surface area (Å²) in [6, 6.07) is 5.05. The Kier molecular flexibility index (Phi) is 5.42. The summed E-state index contributed by atoms with van der Waals surface area (Å²) in [6.45, 7) is 2.94. The molecule has 0 aliphatic rings. The highest BCUT2D eigenvalue weighted by Gasteiger charge is 2.10. The Morgan fingerprint density at radius 3 is 2.77 bits per heavy atom. The van der Waals surface area contributed by atoms with Crippen LogP contribution in [-0.2, 0) is 13.1 Å². The second-order valence-electron chi connectivity index (χ2n) is 4.66. The molecular formula is C14H18FN5O2. The number of nitrogens with zero attached hydrogens (tertiary/aromatic N) is 3. The number of nitrogens with one attached hydrogen (secondary N) is 2. The van der Waals surface area contributed by atoms with Crippen molar-refractivity contribution in [2.45, 2.75) is 26.1 Å². The average Bonchev–Trinajstić information content (AvgIpc) is 2.98. The maximum absolute atomic E-state index is 12.8. The van der Waals surface area contributed by atoms with E-state index in [9.17, 15) is 14.3 Å². The normalized spacial score (nSPS) is 12.0. The molecule has 0 aliphatic carbocycles. The van der Waals surface area contributed by atoms with E-state index in [2.05, 4.69) is 20.8 Å². The summed E-state index contributed by atoms with van der Waals surface area (Å²) >= 11 is 0. The number of aliphatic hydroxyl groups is 1. The van der Waals surface area contributed by atoms with Crippen LogP contribution in [0.2, 0.25) is 0 Å². The molecule has 1 aromatic heterocycles. The highest BCUT2D eigenvalue weighted by molar-refractivity contribution is 5.73. The lowest BCUT2D eigenvalue weighted by atomic mass is 10.1. The van der Waals surface area contributed by atoms with Crippen molar-refractivity contribution >= 4 is 6.03 Å². The number of halogens is 1. The van der Waals surface area contributed by atoms with Gasteiger partial charge in [0.1, 0.15) is 12.1 Å². The van der Waals surface area contributed by atoms with E-state index in [-0.39, 0.29) is 18.9 Å². The van der Waals surface area contributed by atoms with Crippen molar-refractivity contribution in [2.75, 3.05) is 6.54 Å². The molecule has 0 radical (unpaired) electrons. The summed E-state index contributed by atoms with van der Waals surface area (Å²) in [5.74, 6) is 0.276. The topological polar surface area (TPSA) is 92.1 Å². The summed E-state index contributed by atoms with van der Waals surface area (Å²) in [7, 11) is 0. The molecule has 22 heavy (non-hydrogen) atoms. The maximum atomic E-state index is 12.8. The van der Waals surface area contributed by atoms with E-state index in [0.717, 1.165) is 6.54 Å². The molecule has 2 amide bonds. The van der Waals surface area contributed by atoms with Crippen LogP contribution in [0.15, 0.2) is 30.6 Å². The number of carbonyl (C=O) groups excluding carboxylic acids is 1. The zero-order valence-corrected chi connectivity index (χ0v) is 12.2. The van der Waals surface area contributed by atoms with Gasteiger partial charge in [0, 0.05) is 13.1 Å². The molecule has 2 aromatic rings. The van der Waals surface area contributed by atoms with E-state index in [4.69, 9.17) is 0 Å². The molecule has 1 atom stereocenters. The van der Waals surface area contributed by atoms with Crippen LogP contribution < -0.4 is 10.6 Å². The maximum Gasteiger partial charge on any atom is 0.315 e. The van der Waals surface area contributed by atoms with Gasteiger partial charge in [-0.05, 0) is 24.6 Å². The lowest BCUT2D eigenvalue weighted by Crippen LogP contribution is -2.37. The number of benzene rings is 1. The monoisotopic (exact) mass is 307 g/mol. The summed E-state index contributed by atoms with van der Waals surface area (Å²) in [5, 5.41) is 22.7. The predicted octanol–water partition coefficient (Wildman–Crippen LogP) is 0.970. The van der Waals surface area contributed by atoms with E-state index in [1.165, 1.54) is 24.3 Å². The minimum absolute atomic E-state index is 0.0257. The third kappa shape index (κ3) is 4.26. The number of hydrogen-bond donors (Lipinski definition) is 3. The van der Waals surface area contributed by atoms with Crippen LogP contribution in [0, 0.1) is 5.82 Å². The Hall–Kier alpha value is -2.48. The first kappa shape index (κ1) is 15.9. The second kappa shape index (κ2) is 7.51. The number of aliphatic hydroxyl groups excluding tert-OH is 1. The van der Waals surface area contributed by atoms with E-state index in [1.807, 2.05) is 11.5 Å². The number of amides is 2. The minimum Gasteiger partial charge on any atom is -0.387 e. The number of aromatic nitrogens is 3. The molecule has 0 fully saturated rings. The third-order valence-corrected chi connectivity index (χ3v) is 3.15. The number of urea groups is 1. The van der Waals surface area contributed by atoms with Gasteiger partial charge >= 0.3 is 6.03 Å². The Labute approximate surface area is 127 Å². The molecule has 0 aliphatic heterocycles. The molecule has 2 rings (SSSR count). The highest BCUT2D eigenvalue weighted by atomic mass is 19.1. The van der Waals surface area contributed by atoms with Gasteiger partial charge in [-0.25, -0.2) is 9.18 Å². The standard InChI is InChI=1S/C14H18FN5O2/c1-2-20-9-18-19-13(20)8-17-14(22)16-7-12(21)10-3-5-11(15)6-4-10/h3-6,9,12,21H,2,7-8H2,1H3,(H2,16,17,22). The van der Waals surface area contributed by atoms with Gasteiger partial charge < -0.3 is 20.3 Å². The molecule has 118 valence electrons. The van der Waals surface area contributed by atoms with Gasteiger partial charge in [0.2, 0.25) is 0 Å². The van der Waals surface area contributed by atoms with Gasteiger partial charge in [0.05, 0.1) is 12.6 Å². The molecule has 7 nitrogen and oxygen atoms in total. The fourth-order valence-electron chi connectivity index (χ4n) is 1.89. The van der Waals surface area contributed by atoms with Crippen LogP contribution in [0.4, 0.5) is 9.18 Å². The molecule has 3 N–H and O–H groups in total. The average molecular weight is 307 g/mol. The Balaban J connectivity index is 1.76. The summed E-state index contributed by atoms with van der Waals surface area (Å²) in [5.41, 5.74) is 0.535. The third-order valence-electron chi connectivity index (χ3n) is 3.15. The van der Waals surface area contributed by atoms with Gasteiger partial charge in [-0.2, -0.15) is 0 Å². The van der Waals surface area contributed by atoms with E-state index < -0.39 is 12.1 Å². The summed E-state index contributed by atoms with van der Waals surface area (Å²) in [4.78, 5) is 11.7. The molecule has 8 heteroatoms. The van der Waals surface area contributed by atoms with Crippen molar-refractivity contribution in [2.24, 2.45) is 0 Å². The SMILES string of the molecule is CCn1cnnc1CNC(=O)NCC(O)c1ccc(F)cc1. The fraction of sp³-hybridized carbons (Fsp3) is 0.357. The van der Waals surface area contributed by atoms with Crippen molar-refractivity contribution in [3.05, 3.63) is 47.8 Å². The predicted molar refractivity (Wildman–Crippen MR) is 77.3 cm³/mol. The van der Waals surface area contributed by atoms with Crippen LogP contribution >= 0.6 is 0 Å². The summed E-state index contributed by atoms with van der Waals surface area (Å²) < 4.78 is 14.6. The molecule has 1 aromatic carbocycles.